The maximum absolute atomic E-state index is 11.7. The molecule has 0 radical (unpaired) electrons. The number of nitrogens with zero attached hydrogens (tertiary/aromatic N) is 1. The third-order valence-corrected chi connectivity index (χ3v) is 5.76. The van der Waals surface area contributed by atoms with Gasteiger partial charge in [-0.1, -0.05) is 36.4 Å². The Morgan fingerprint density at radius 1 is 1.09 bits per heavy atom. The Morgan fingerprint density at radius 2 is 1.85 bits per heavy atom. The Bertz CT molecular complexity index is 1010. The Hall–Kier alpha value is -2.99. The molecular weight excluding hydrogens is 430 g/mol. The van der Waals surface area contributed by atoms with Gasteiger partial charge in [0.1, 0.15) is 30.5 Å². The largest absolute Gasteiger partial charge is 0.465 e. The van der Waals surface area contributed by atoms with E-state index >= 15 is 0 Å². The smallest absolute Gasteiger partial charge is 0.337 e. The average molecular weight is 457 g/mol. The summed E-state index contributed by atoms with van der Waals surface area (Å²) < 4.78 is 10.4. The molecule has 33 heavy (non-hydrogen) atoms. The van der Waals surface area contributed by atoms with Gasteiger partial charge in [0.05, 0.1) is 31.5 Å². The summed E-state index contributed by atoms with van der Waals surface area (Å²) in [7, 11) is 1.35. The lowest BCUT2D eigenvalue weighted by Crippen LogP contribution is -2.55. The summed E-state index contributed by atoms with van der Waals surface area (Å²) in [5.41, 5.74) is 9.81. The molecule has 0 saturated carbocycles. The molecule has 0 spiro atoms. The fourth-order valence-corrected chi connectivity index (χ4v) is 3.92. The minimum atomic E-state index is -1.42. The van der Waals surface area contributed by atoms with Gasteiger partial charge in [-0.2, -0.15) is 0 Å². The van der Waals surface area contributed by atoms with Crippen LogP contribution in [0, 0.1) is 0 Å². The number of rotatable bonds is 6. The van der Waals surface area contributed by atoms with Crippen LogP contribution in [0.4, 0.5) is 0 Å². The van der Waals surface area contributed by atoms with E-state index in [0.717, 1.165) is 16.8 Å². The van der Waals surface area contributed by atoms with Gasteiger partial charge in [0, 0.05) is 11.8 Å². The topological polar surface area (TPSA) is 144 Å². The van der Waals surface area contributed by atoms with Gasteiger partial charge in [0.25, 0.3) is 0 Å². The number of nitrogens with one attached hydrogen (secondary N) is 2. The van der Waals surface area contributed by atoms with E-state index in [0.29, 0.717) is 17.7 Å². The van der Waals surface area contributed by atoms with E-state index in [9.17, 15) is 25.2 Å². The Morgan fingerprint density at radius 3 is 2.55 bits per heavy atom. The number of hydrogen-bond acceptors (Lipinski definition) is 10. The van der Waals surface area contributed by atoms with Crippen molar-refractivity contribution in [2.75, 3.05) is 13.7 Å². The first-order chi connectivity index (χ1) is 15.9. The summed E-state index contributed by atoms with van der Waals surface area (Å²) in [6.45, 7) is 0.0324. The van der Waals surface area contributed by atoms with E-state index < -0.39 is 37.1 Å². The molecule has 2 aromatic rings. The predicted molar refractivity (Wildman–Crippen MR) is 117 cm³/mol. The van der Waals surface area contributed by atoms with Crippen molar-refractivity contribution >= 4 is 11.7 Å². The molecule has 0 bridgehead atoms. The number of hydrogen-bond donors (Lipinski definition) is 6. The number of carbonyl (C=O) groups excluding carboxylic acids is 1. The van der Waals surface area contributed by atoms with Crippen molar-refractivity contribution in [2.24, 2.45) is 0 Å². The molecule has 176 valence electrons. The van der Waals surface area contributed by atoms with Gasteiger partial charge in [-0.15, -0.1) is 5.53 Å². The highest BCUT2D eigenvalue weighted by Gasteiger charge is 2.43. The monoisotopic (exact) mass is 457 g/mol. The van der Waals surface area contributed by atoms with E-state index in [1.165, 1.54) is 7.11 Å². The van der Waals surface area contributed by atoms with Crippen LogP contribution in [0.15, 0.2) is 54.7 Å². The normalized spacial score (nSPS) is 27.1. The minimum absolute atomic E-state index is 0.389. The van der Waals surface area contributed by atoms with Crippen LogP contribution in [-0.4, -0.2) is 69.5 Å². The molecule has 10 heteroatoms. The zero-order chi connectivity index (χ0) is 23.5. The summed E-state index contributed by atoms with van der Waals surface area (Å²) in [5.74, 6) is -0.389. The first kappa shape index (κ1) is 23.2. The van der Waals surface area contributed by atoms with E-state index in [2.05, 4.69) is 11.0 Å². The van der Waals surface area contributed by atoms with Crippen LogP contribution in [-0.2, 0) is 16.0 Å². The zero-order valence-electron chi connectivity index (χ0n) is 18.0. The standard InChI is InChI=1S/C23H27N3O7/c1-32-23(31)16-4-2-3-13(9-16)10-26-11-17(24-25-26)14-5-7-15(8-6-14)22-21(30)20(29)19(28)18(12-27)33-22/h2-9,11,18-22,24-25,27-30H,10,12H2,1H3/t18-,19-,20+,21+,22-/m1/s1. The number of methoxy groups -OCH3 is 1. The lowest BCUT2D eigenvalue weighted by molar-refractivity contribution is -0.231. The van der Waals surface area contributed by atoms with Gasteiger partial charge < -0.3 is 35.3 Å². The van der Waals surface area contributed by atoms with E-state index in [1.807, 2.05) is 29.4 Å². The first-order valence-electron chi connectivity index (χ1n) is 10.5. The molecule has 2 aliphatic heterocycles. The lowest BCUT2D eigenvalue weighted by atomic mass is 9.91. The molecule has 1 saturated heterocycles. The van der Waals surface area contributed by atoms with E-state index in [4.69, 9.17) is 9.47 Å². The Balaban J connectivity index is 1.44. The molecule has 10 nitrogen and oxygen atoms in total. The molecule has 0 unspecified atom stereocenters. The van der Waals surface area contributed by atoms with Crippen LogP contribution >= 0.6 is 0 Å². The predicted octanol–water partition coefficient (Wildman–Crippen LogP) is -0.189. The SMILES string of the molecule is COC(=O)c1cccc(CN2C=C(c3ccc([C@H]4O[C@H](CO)[C@@H](O)[C@H](O)[C@@H]4O)cc3)NN2)c1. The van der Waals surface area contributed by atoms with Crippen LogP contribution in [0.25, 0.3) is 5.70 Å². The summed E-state index contributed by atoms with van der Waals surface area (Å²) >= 11 is 0. The van der Waals surface area contributed by atoms with Gasteiger partial charge in [-0.3, -0.25) is 5.01 Å². The third kappa shape index (κ3) is 4.86. The molecule has 0 aliphatic carbocycles. The maximum atomic E-state index is 11.7. The number of aliphatic hydroxyl groups excluding tert-OH is 4. The second kappa shape index (κ2) is 9.87. The molecule has 0 amide bonds. The molecule has 0 aromatic heterocycles. The fourth-order valence-electron chi connectivity index (χ4n) is 3.92. The third-order valence-electron chi connectivity index (χ3n) is 5.76. The van der Waals surface area contributed by atoms with E-state index in [1.54, 1.807) is 30.3 Å². The summed E-state index contributed by atoms with van der Waals surface area (Å²) in [5, 5.41) is 41.5. The van der Waals surface area contributed by atoms with Gasteiger partial charge in [-0.25, -0.2) is 4.79 Å². The summed E-state index contributed by atoms with van der Waals surface area (Å²) in [6.07, 6.45) is -4.09. The highest BCUT2D eigenvalue weighted by molar-refractivity contribution is 5.89. The van der Waals surface area contributed by atoms with Crippen LogP contribution in [0.1, 0.15) is 33.2 Å². The van der Waals surface area contributed by atoms with Gasteiger partial charge in [0.2, 0.25) is 0 Å². The van der Waals surface area contributed by atoms with Gasteiger partial charge in [-0.05, 0) is 23.3 Å². The second-order valence-corrected chi connectivity index (χ2v) is 7.97. The average Bonchev–Trinajstić information content (AvgIpc) is 3.31. The Kier molecular flexibility index (Phi) is 6.94. The number of benzene rings is 2. The molecule has 1 fully saturated rings. The molecular formula is C23H27N3O7. The van der Waals surface area contributed by atoms with Crippen molar-refractivity contribution in [3.05, 3.63) is 77.0 Å². The second-order valence-electron chi connectivity index (χ2n) is 7.97. The maximum Gasteiger partial charge on any atom is 0.337 e. The lowest BCUT2D eigenvalue weighted by Gasteiger charge is -2.40. The fraction of sp³-hybridized carbons (Fsp3) is 0.348. The first-order valence-corrected chi connectivity index (χ1v) is 10.5. The van der Waals surface area contributed by atoms with Crippen molar-refractivity contribution in [2.45, 2.75) is 37.1 Å². The van der Waals surface area contributed by atoms with Gasteiger partial charge >= 0.3 is 5.97 Å². The zero-order valence-corrected chi connectivity index (χ0v) is 18.0. The number of ether oxygens (including phenoxy) is 2. The molecule has 2 heterocycles. The summed E-state index contributed by atoms with van der Waals surface area (Å²) in [6, 6.07) is 14.4. The highest BCUT2D eigenvalue weighted by atomic mass is 16.5. The summed E-state index contributed by atoms with van der Waals surface area (Å²) in [4.78, 5) is 11.7. The van der Waals surface area contributed by atoms with Crippen LogP contribution in [0.3, 0.4) is 0 Å². The van der Waals surface area contributed by atoms with E-state index in [-0.39, 0.29) is 5.97 Å². The van der Waals surface area contributed by atoms with Gasteiger partial charge in [0.15, 0.2) is 0 Å². The minimum Gasteiger partial charge on any atom is -0.465 e. The van der Waals surface area contributed by atoms with Crippen LogP contribution in [0.5, 0.6) is 0 Å². The molecule has 4 rings (SSSR count). The van der Waals surface area contributed by atoms with Crippen LogP contribution in [0.2, 0.25) is 0 Å². The molecule has 5 atom stereocenters. The Labute approximate surface area is 190 Å². The molecule has 6 N–H and O–H groups in total. The van der Waals surface area contributed by atoms with Crippen molar-refractivity contribution in [1.29, 1.82) is 0 Å². The van der Waals surface area contributed by atoms with Crippen molar-refractivity contribution in [1.82, 2.24) is 16.0 Å². The molecule has 2 aromatic carbocycles. The number of carbonyl (C=O) groups is 1. The van der Waals surface area contributed by atoms with Crippen molar-refractivity contribution < 1.29 is 34.7 Å². The van der Waals surface area contributed by atoms with Crippen molar-refractivity contribution in [3.63, 3.8) is 0 Å². The quantitative estimate of drug-likeness (QED) is 0.323. The number of aliphatic hydroxyl groups is 4. The highest BCUT2D eigenvalue weighted by Crippen LogP contribution is 2.33. The number of hydrazine groups is 2. The number of esters is 1. The molecule has 2 aliphatic rings. The van der Waals surface area contributed by atoms with Crippen molar-refractivity contribution in [3.8, 4) is 0 Å². The van der Waals surface area contributed by atoms with Crippen LogP contribution < -0.4 is 11.0 Å².